The number of nitrogens with one attached hydrogen (secondary N) is 1. The molecular formula is C18H27N. The maximum atomic E-state index is 3.60. The van der Waals surface area contributed by atoms with Gasteiger partial charge in [0.15, 0.2) is 0 Å². The molecule has 2 rings (SSSR count). The highest BCUT2D eigenvalue weighted by Crippen LogP contribution is 2.17. The SMILES string of the molecule is CC(C)Cc1ccc(CNCC2CC=CCC2)cc1. The average Bonchev–Trinajstić information content (AvgIpc) is 2.41. The standard InChI is InChI=1S/C18H27N/c1-15(2)12-16-8-10-18(11-9-16)14-19-13-17-6-4-3-5-7-17/h3-4,8-11,15,17,19H,5-7,12-14H2,1-2H3. The molecule has 0 aliphatic heterocycles. The summed E-state index contributed by atoms with van der Waals surface area (Å²) in [6, 6.07) is 9.09. The summed E-state index contributed by atoms with van der Waals surface area (Å²) in [6.07, 6.45) is 9.68. The van der Waals surface area contributed by atoms with Crippen LogP contribution in [0.25, 0.3) is 0 Å². The lowest BCUT2D eigenvalue weighted by atomic mass is 9.94. The number of rotatable bonds is 6. The van der Waals surface area contributed by atoms with Gasteiger partial charge in [0.25, 0.3) is 0 Å². The quantitative estimate of drug-likeness (QED) is 0.748. The van der Waals surface area contributed by atoms with Crippen LogP contribution < -0.4 is 5.32 Å². The fourth-order valence-electron chi connectivity index (χ4n) is 2.73. The van der Waals surface area contributed by atoms with Gasteiger partial charge in [0.05, 0.1) is 0 Å². The van der Waals surface area contributed by atoms with Crippen molar-refractivity contribution in [1.82, 2.24) is 5.32 Å². The predicted molar refractivity (Wildman–Crippen MR) is 83.2 cm³/mol. The molecule has 1 nitrogen and oxygen atoms in total. The zero-order valence-electron chi connectivity index (χ0n) is 12.4. The largest absolute Gasteiger partial charge is 0.312 e. The fraction of sp³-hybridized carbons (Fsp3) is 0.556. The van der Waals surface area contributed by atoms with Crippen molar-refractivity contribution in [3.8, 4) is 0 Å². The van der Waals surface area contributed by atoms with Crippen LogP contribution >= 0.6 is 0 Å². The first kappa shape index (κ1) is 14.3. The lowest BCUT2D eigenvalue weighted by Crippen LogP contribution is -2.23. The van der Waals surface area contributed by atoms with Crippen LogP contribution in [0.4, 0.5) is 0 Å². The van der Waals surface area contributed by atoms with Crippen molar-refractivity contribution >= 4 is 0 Å². The topological polar surface area (TPSA) is 12.0 Å². The molecule has 1 aliphatic carbocycles. The summed E-state index contributed by atoms with van der Waals surface area (Å²) < 4.78 is 0. The van der Waals surface area contributed by atoms with Gasteiger partial charge >= 0.3 is 0 Å². The smallest absolute Gasteiger partial charge is 0.0205 e. The van der Waals surface area contributed by atoms with E-state index < -0.39 is 0 Å². The summed E-state index contributed by atoms with van der Waals surface area (Å²) in [5.74, 6) is 1.58. The van der Waals surface area contributed by atoms with E-state index in [9.17, 15) is 0 Å². The summed E-state index contributed by atoms with van der Waals surface area (Å²) in [5, 5.41) is 3.60. The Bertz CT molecular complexity index is 389. The number of hydrogen-bond donors (Lipinski definition) is 1. The van der Waals surface area contributed by atoms with E-state index in [0.717, 1.165) is 24.9 Å². The van der Waals surface area contributed by atoms with E-state index in [-0.39, 0.29) is 0 Å². The van der Waals surface area contributed by atoms with E-state index in [2.05, 4.69) is 55.6 Å². The highest BCUT2D eigenvalue weighted by molar-refractivity contribution is 5.22. The van der Waals surface area contributed by atoms with Crippen molar-refractivity contribution in [3.63, 3.8) is 0 Å². The molecule has 0 radical (unpaired) electrons. The Kier molecular flexibility index (Phi) is 5.65. The van der Waals surface area contributed by atoms with Crippen molar-refractivity contribution < 1.29 is 0 Å². The van der Waals surface area contributed by atoms with Gasteiger partial charge in [-0.3, -0.25) is 0 Å². The summed E-state index contributed by atoms with van der Waals surface area (Å²) >= 11 is 0. The molecule has 0 bridgehead atoms. The minimum Gasteiger partial charge on any atom is -0.312 e. The zero-order chi connectivity index (χ0) is 13.5. The molecule has 0 aromatic heterocycles. The van der Waals surface area contributed by atoms with Gasteiger partial charge in [0.1, 0.15) is 0 Å². The molecular weight excluding hydrogens is 230 g/mol. The maximum Gasteiger partial charge on any atom is 0.0205 e. The molecule has 0 saturated heterocycles. The Morgan fingerprint density at radius 3 is 2.47 bits per heavy atom. The lowest BCUT2D eigenvalue weighted by Gasteiger charge is -2.18. The first-order valence-electron chi connectivity index (χ1n) is 7.67. The van der Waals surface area contributed by atoms with Crippen LogP contribution in [-0.4, -0.2) is 6.54 Å². The van der Waals surface area contributed by atoms with Crippen LogP contribution in [0, 0.1) is 11.8 Å². The van der Waals surface area contributed by atoms with E-state index >= 15 is 0 Å². The average molecular weight is 257 g/mol. The molecule has 1 aromatic carbocycles. The third-order valence-electron chi connectivity index (χ3n) is 3.81. The molecule has 0 spiro atoms. The second kappa shape index (κ2) is 7.49. The second-order valence-corrected chi connectivity index (χ2v) is 6.20. The lowest BCUT2D eigenvalue weighted by molar-refractivity contribution is 0.440. The summed E-state index contributed by atoms with van der Waals surface area (Å²) in [4.78, 5) is 0. The number of benzene rings is 1. The first-order chi connectivity index (χ1) is 9.24. The molecule has 1 unspecified atom stereocenters. The van der Waals surface area contributed by atoms with Gasteiger partial charge in [-0.25, -0.2) is 0 Å². The van der Waals surface area contributed by atoms with Crippen molar-refractivity contribution in [2.24, 2.45) is 11.8 Å². The molecule has 19 heavy (non-hydrogen) atoms. The van der Waals surface area contributed by atoms with Gasteiger partial charge in [0.2, 0.25) is 0 Å². The molecule has 104 valence electrons. The highest BCUT2D eigenvalue weighted by Gasteiger charge is 2.08. The summed E-state index contributed by atoms with van der Waals surface area (Å²) in [7, 11) is 0. The molecule has 1 atom stereocenters. The van der Waals surface area contributed by atoms with Crippen molar-refractivity contribution in [3.05, 3.63) is 47.5 Å². The maximum absolute atomic E-state index is 3.60. The van der Waals surface area contributed by atoms with Gasteiger partial charge in [0, 0.05) is 6.54 Å². The summed E-state index contributed by atoms with van der Waals surface area (Å²) in [5.41, 5.74) is 2.86. The number of allylic oxidation sites excluding steroid dienone is 2. The summed E-state index contributed by atoms with van der Waals surface area (Å²) in [6.45, 7) is 6.70. The molecule has 0 amide bonds. The predicted octanol–water partition coefficient (Wildman–Crippen LogP) is 4.33. The molecule has 1 aromatic rings. The van der Waals surface area contributed by atoms with E-state index in [4.69, 9.17) is 0 Å². The van der Waals surface area contributed by atoms with E-state index in [0.29, 0.717) is 0 Å². The van der Waals surface area contributed by atoms with Crippen molar-refractivity contribution in [2.45, 2.75) is 46.1 Å². The van der Waals surface area contributed by atoms with Crippen molar-refractivity contribution in [2.75, 3.05) is 6.54 Å². The van der Waals surface area contributed by atoms with Gasteiger partial charge in [-0.15, -0.1) is 0 Å². The minimum atomic E-state index is 0.739. The normalized spacial score (nSPS) is 19.0. The molecule has 0 fully saturated rings. The van der Waals surface area contributed by atoms with Crippen molar-refractivity contribution in [1.29, 1.82) is 0 Å². The van der Waals surface area contributed by atoms with Gasteiger partial charge < -0.3 is 5.32 Å². The van der Waals surface area contributed by atoms with Gasteiger partial charge in [-0.1, -0.05) is 50.3 Å². The van der Waals surface area contributed by atoms with E-state index in [1.54, 1.807) is 0 Å². The van der Waals surface area contributed by atoms with Crippen LogP contribution in [0.2, 0.25) is 0 Å². The first-order valence-corrected chi connectivity index (χ1v) is 7.67. The Morgan fingerprint density at radius 1 is 1.11 bits per heavy atom. The highest BCUT2D eigenvalue weighted by atomic mass is 14.9. The fourth-order valence-corrected chi connectivity index (χ4v) is 2.73. The van der Waals surface area contributed by atoms with E-state index in [1.807, 2.05) is 0 Å². The Balaban J connectivity index is 1.72. The van der Waals surface area contributed by atoms with Crippen LogP contribution in [-0.2, 0) is 13.0 Å². The number of hydrogen-bond acceptors (Lipinski definition) is 1. The Hall–Kier alpha value is -1.08. The Labute approximate surface area is 118 Å². The van der Waals surface area contributed by atoms with Gasteiger partial charge in [-0.05, 0) is 55.2 Å². The second-order valence-electron chi connectivity index (χ2n) is 6.20. The van der Waals surface area contributed by atoms with Crippen LogP contribution in [0.1, 0.15) is 44.2 Å². The van der Waals surface area contributed by atoms with Crippen LogP contribution in [0.15, 0.2) is 36.4 Å². The zero-order valence-corrected chi connectivity index (χ0v) is 12.4. The van der Waals surface area contributed by atoms with Crippen LogP contribution in [0.3, 0.4) is 0 Å². The molecule has 1 aliphatic rings. The third-order valence-corrected chi connectivity index (χ3v) is 3.81. The van der Waals surface area contributed by atoms with Crippen LogP contribution in [0.5, 0.6) is 0 Å². The monoisotopic (exact) mass is 257 g/mol. The molecule has 1 N–H and O–H groups in total. The minimum absolute atomic E-state index is 0.739. The third kappa shape index (κ3) is 5.20. The molecule has 0 heterocycles. The van der Waals surface area contributed by atoms with E-state index in [1.165, 1.54) is 36.8 Å². The Morgan fingerprint density at radius 2 is 1.84 bits per heavy atom. The van der Waals surface area contributed by atoms with Gasteiger partial charge in [-0.2, -0.15) is 0 Å². The molecule has 1 heteroatoms. The molecule has 0 saturated carbocycles.